The number of thiophene rings is 1. The van der Waals surface area contributed by atoms with Crippen molar-refractivity contribution in [2.45, 2.75) is 36.5 Å². The summed E-state index contributed by atoms with van der Waals surface area (Å²) in [5, 5.41) is 22.1. The number of hydrogen-bond acceptors (Lipinski definition) is 7. The number of fused-ring (bicyclic) bond motifs is 2. The van der Waals surface area contributed by atoms with Gasteiger partial charge in [-0.1, -0.05) is 0 Å². The summed E-state index contributed by atoms with van der Waals surface area (Å²) in [4.78, 5) is 8.55. The minimum atomic E-state index is -2.09. The van der Waals surface area contributed by atoms with Crippen LogP contribution in [0.15, 0.2) is 11.7 Å². The van der Waals surface area contributed by atoms with E-state index in [2.05, 4.69) is 9.97 Å². The van der Waals surface area contributed by atoms with E-state index in [1.165, 1.54) is 24.6 Å². The van der Waals surface area contributed by atoms with E-state index in [0.29, 0.717) is 21.6 Å². The first-order valence-corrected chi connectivity index (χ1v) is 6.99. The van der Waals surface area contributed by atoms with E-state index >= 15 is 0 Å². The average molecular weight is 297 g/mol. The van der Waals surface area contributed by atoms with E-state index in [9.17, 15) is 14.6 Å². The van der Waals surface area contributed by atoms with Crippen LogP contribution in [0.2, 0.25) is 0 Å². The highest BCUT2D eigenvalue weighted by atomic mass is 32.1. The molecule has 0 radical (unpaired) electrons. The SMILES string of the molecule is C[C@]1(F)[C@H](c2scc3c(N)ncnc23)O[C@@H]2C(O)[C@@]21O. The third-order valence-electron chi connectivity index (χ3n) is 4.31. The Balaban J connectivity index is 1.84. The first-order valence-electron chi connectivity index (χ1n) is 6.11. The second-order valence-electron chi connectivity index (χ2n) is 5.40. The van der Waals surface area contributed by atoms with Crippen LogP contribution < -0.4 is 5.73 Å². The van der Waals surface area contributed by atoms with Crippen molar-refractivity contribution in [3.63, 3.8) is 0 Å². The normalized spacial score (nSPS) is 42.9. The molecular formula is C12H12FN3O3S. The molecule has 1 aliphatic carbocycles. The summed E-state index contributed by atoms with van der Waals surface area (Å²) in [6.07, 6.45) is -1.74. The molecule has 2 fully saturated rings. The molecule has 0 aromatic carbocycles. The summed E-state index contributed by atoms with van der Waals surface area (Å²) >= 11 is 1.26. The molecule has 1 saturated heterocycles. The molecule has 4 N–H and O–H groups in total. The van der Waals surface area contributed by atoms with E-state index in [4.69, 9.17) is 10.5 Å². The summed E-state index contributed by atoms with van der Waals surface area (Å²) in [5.41, 5.74) is 2.35. The molecule has 0 amide bonds. The number of nitrogens with zero attached hydrogens (tertiary/aromatic N) is 2. The fourth-order valence-electron chi connectivity index (χ4n) is 2.95. The van der Waals surface area contributed by atoms with Crippen LogP contribution in [0.4, 0.5) is 10.2 Å². The predicted octanol–water partition coefficient (Wildman–Crippen LogP) is 0.547. The van der Waals surface area contributed by atoms with Gasteiger partial charge >= 0.3 is 0 Å². The molecule has 0 bridgehead atoms. The maximum Gasteiger partial charge on any atom is 0.173 e. The number of nitrogen functional groups attached to an aromatic ring is 1. The Hall–Kier alpha value is -1.35. The number of aromatic nitrogens is 2. The van der Waals surface area contributed by atoms with Gasteiger partial charge in [0.05, 0.1) is 15.8 Å². The number of aliphatic hydroxyl groups excluding tert-OH is 1. The molecule has 1 unspecified atom stereocenters. The van der Waals surface area contributed by atoms with Gasteiger partial charge in [-0.25, -0.2) is 14.4 Å². The molecule has 8 heteroatoms. The molecule has 2 aromatic heterocycles. The van der Waals surface area contributed by atoms with Crippen molar-refractivity contribution < 1.29 is 19.3 Å². The lowest BCUT2D eigenvalue weighted by Gasteiger charge is -2.28. The number of alkyl halides is 1. The van der Waals surface area contributed by atoms with Crippen molar-refractivity contribution in [2.24, 2.45) is 0 Å². The van der Waals surface area contributed by atoms with Crippen molar-refractivity contribution in [2.75, 3.05) is 5.73 Å². The fourth-order valence-corrected chi connectivity index (χ4v) is 4.10. The zero-order valence-corrected chi connectivity index (χ0v) is 11.3. The van der Waals surface area contributed by atoms with Gasteiger partial charge in [0.1, 0.15) is 30.5 Å². The molecule has 20 heavy (non-hydrogen) atoms. The van der Waals surface area contributed by atoms with Gasteiger partial charge in [-0.3, -0.25) is 0 Å². The van der Waals surface area contributed by atoms with Crippen LogP contribution in [0.1, 0.15) is 17.9 Å². The smallest absolute Gasteiger partial charge is 0.173 e. The van der Waals surface area contributed by atoms with Gasteiger partial charge in [-0.2, -0.15) is 0 Å². The highest BCUT2D eigenvalue weighted by Gasteiger charge is 2.83. The lowest BCUT2D eigenvalue weighted by Crippen LogP contribution is -2.42. The molecule has 2 aliphatic rings. The lowest BCUT2D eigenvalue weighted by atomic mass is 9.92. The molecule has 3 heterocycles. The van der Waals surface area contributed by atoms with Gasteiger partial charge < -0.3 is 20.7 Å². The standard InChI is InChI=1S/C12H12FN3O3S/c1-11(13)8(19-9-7(17)12(9,11)18)6-5-4(2-20-6)10(14)16-3-15-5/h2-3,7-9,17-18H,1H3,(H2,14,15,16)/t7?,8-,9+,11-,12+/m0/s1. The molecule has 0 spiro atoms. The maximum absolute atomic E-state index is 14.9. The molecule has 2 aromatic rings. The molecule has 1 saturated carbocycles. The van der Waals surface area contributed by atoms with Crippen molar-refractivity contribution in [1.29, 1.82) is 0 Å². The highest BCUT2D eigenvalue weighted by Crippen LogP contribution is 2.63. The van der Waals surface area contributed by atoms with Crippen LogP contribution in [0.25, 0.3) is 10.9 Å². The van der Waals surface area contributed by atoms with E-state index in [0.717, 1.165) is 0 Å². The second kappa shape index (κ2) is 3.45. The van der Waals surface area contributed by atoms with E-state index in [1.54, 1.807) is 5.38 Å². The topological polar surface area (TPSA) is 101 Å². The van der Waals surface area contributed by atoms with E-state index < -0.39 is 29.6 Å². The molecule has 1 aliphatic heterocycles. The van der Waals surface area contributed by atoms with Crippen molar-refractivity contribution in [3.8, 4) is 0 Å². The Bertz CT molecular complexity index is 721. The number of rotatable bonds is 1. The summed E-state index contributed by atoms with van der Waals surface area (Å²) in [5.74, 6) is 0.319. The number of ether oxygens (including phenoxy) is 1. The largest absolute Gasteiger partial charge is 0.387 e. The summed E-state index contributed by atoms with van der Waals surface area (Å²) in [7, 11) is 0. The predicted molar refractivity (Wildman–Crippen MR) is 69.9 cm³/mol. The van der Waals surface area contributed by atoms with Gasteiger partial charge in [-0.05, 0) is 6.92 Å². The molecule has 6 nitrogen and oxygen atoms in total. The second-order valence-corrected chi connectivity index (χ2v) is 6.31. The van der Waals surface area contributed by atoms with Crippen LogP contribution in [0.5, 0.6) is 0 Å². The van der Waals surface area contributed by atoms with E-state index in [1.807, 2.05) is 0 Å². The summed E-state index contributed by atoms with van der Waals surface area (Å²) in [6, 6.07) is 0. The van der Waals surface area contributed by atoms with E-state index in [-0.39, 0.29) is 0 Å². The van der Waals surface area contributed by atoms with Crippen LogP contribution in [-0.4, -0.2) is 43.7 Å². The third kappa shape index (κ3) is 1.19. The molecule has 106 valence electrons. The minimum Gasteiger partial charge on any atom is -0.387 e. The van der Waals surface area contributed by atoms with Crippen LogP contribution in [0, 0.1) is 0 Å². The average Bonchev–Trinajstić information content (AvgIpc) is 2.75. The number of hydrogen-bond donors (Lipinski definition) is 3. The van der Waals surface area contributed by atoms with Crippen LogP contribution in [0.3, 0.4) is 0 Å². The molecule has 5 atom stereocenters. The zero-order chi connectivity index (χ0) is 14.3. The van der Waals surface area contributed by atoms with Gasteiger partial charge in [0.25, 0.3) is 0 Å². The van der Waals surface area contributed by atoms with Crippen LogP contribution >= 0.6 is 11.3 Å². The molecule has 4 rings (SSSR count). The summed E-state index contributed by atoms with van der Waals surface area (Å²) in [6.45, 7) is 1.24. The Morgan fingerprint density at radius 3 is 2.90 bits per heavy atom. The maximum atomic E-state index is 14.9. The van der Waals surface area contributed by atoms with Gasteiger partial charge in [-0.15, -0.1) is 11.3 Å². The Kier molecular flexibility index (Phi) is 2.14. The Labute approximate surface area is 117 Å². The van der Waals surface area contributed by atoms with Crippen LogP contribution in [-0.2, 0) is 4.74 Å². The summed E-state index contributed by atoms with van der Waals surface area (Å²) < 4.78 is 20.4. The third-order valence-corrected chi connectivity index (χ3v) is 5.33. The van der Waals surface area contributed by atoms with Gasteiger partial charge in [0.2, 0.25) is 0 Å². The van der Waals surface area contributed by atoms with Crippen molar-refractivity contribution in [3.05, 3.63) is 16.6 Å². The fraction of sp³-hybridized carbons (Fsp3) is 0.500. The monoisotopic (exact) mass is 297 g/mol. The van der Waals surface area contributed by atoms with Crippen molar-refractivity contribution in [1.82, 2.24) is 9.97 Å². The lowest BCUT2D eigenvalue weighted by molar-refractivity contribution is -0.0850. The number of nitrogens with two attached hydrogens (primary N) is 1. The number of aliphatic hydroxyl groups is 2. The number of anilines is 1. The first kappa shape index (κ1) is 12.4. The minimum absolute atomic E-state index is 0.319. The quantitative estimate of drug-likeness (QED) is 0.710. The Morgan fingerprint density at radius 2 is 2.25 bits per heavy atom. The van der Waals surface area contributed by atoms with Gasteiger partial charge in [0.15, 0.2) is 11.3 Å². The Morgan fingerprint density at radius 1 is 1.50 bits per heavy atom. The number of halogens is 1. The van der Waals surface area contributed by atoms with Gasteiger partial charge in [0, 0.05) is 5.38 Å². The first-order chi connectivity index (χ1) is 9.39. The molecular weight excluding hydrogens is 285 g/mol. The van der Waals surface area contributed by atoms with Crippen molar-refractivity contribution >= 4 is 28.1 Å². The zero-order valence-electron chi connectivity index (χ0n) is 10.4. The highest BCUT2D eigenvalue weighted by molar-refractivity contribution is 7.11.